The number of nitrogens with zero attached hydrogens (tertiary/aromatic N) is 4. The highest BCUT2D eigenvalue weighted by atomic mass is 15.0. The van der Waals surface area contributed by atoms with Gasteiger partial charge in [0.1, 0.15) is 37.5 Å². The van der Waals surface area contributed by atoms with Crippen molar-refractivity contribution in [2.45, 2.75) is 81.6 Å². The molecule has 0 atom stereocenters. The largest absolute Gasteiger partial charge is 0.243 e. The highest BCUT2D eigenvalue weighted by Gasteiger charge is 2.21. The van der Waals surface area contributed by atoms with Crippen LogP contribution in [0.25, 0.3) is 44.6 Å². The van der Waals surface area contributed by atoms with Crippen LogP contribution in [0.3, 0.4) is 0 Å². The van der Waals surface area contributed by atoms with Crippen LogP contribution >= 0.6 is 0 Å². The van der Waals surface area contributed by atoms with Crippen LogP contribution in [0.2, 0.25) is 0 Å². The van der Waals surface area contributed by atoms with Gasteiger partial charge in [-0.15, -0.1) is 0 Å². The second-order valence-corrected chi connectivity index (χ2v) is 14.2. The van der Waals surface area contributed by atoms with E-state index in [0.717, 1.165) is 17.5 Å². The van der Waals surface area contributed by atoms with Crippen molar-refractivity contribution in [3.05, 3.63) is 118 Å². The van der Waals surface area contributed by atoms with Gasteiger partial charge >= 0.3 is 0 Å². The van der Waals surface area contributed by atoms with Crippen molar-refractivity contribution in [1.29, 1.82) is 0 Å². The minimum Gasteiger partial charge on any atom is -0.243 e. The van der Waals surface area contributed by atoms with Crippen molar-refractivity contribution in [3.63, 3.8) is 0 Å². The average Bonchev–Trinajstić information content (AvgIpc) is 3.01. The first kappa shape index (κ1) is 33.9. The maximum Gasteiger partial charge on any atom is 0.231 e. The van der Waals surface area contributed by atoms with Gasteiger partial charge in [-0.3, -0.25) is 0 Å². The predicted molar refractivity (Wildman–Crippen MR) is 198 cm³/mol. The number of aromatic nitrogens is 4. The third kappa shape index (κ3) is 6.83. The minimum atomic E-state index is 0.472. The number of hydrogen-bond acceptors (Lipinski definition) is 2. The molecule has 0 aliphatic rings. The summed E-state index contributed by atoms with van der Waals surface area (Å²) < 4.78 is 4.56. The summed E-state index contributed by atoms with van der Waals surface area (Å²) in [6, 6.07) is 22.0. The topological polar surface area (TPSA) is 33.5 Å². The summed E-state index contributed by atoms with van der Waals surface area (Å²) in [7, 11) is 4.29. The number of fused-ring (bicyclic) bond motifs is 2. The third-order valence-corrected chi connectivity index (χ3v) is 9.65. The van der Waals surface area contributed by atoms with E-state index in [0.29, 0.717) is 11.8 Å². The van der Waals surface area contributed by atoms with E-state index in [1.165, 1.54) is 78.1 Å². The molecule has 6 rings (SSSR count). The highest BCUT2D eigenvalue weighted by molar-refractivity contribution is 5.78. The van der Waals surface area contributed by atoms with Gasteiger partial charge < -0.3 is 0 Å². The number of hydrogen-bond donors (Lipinski definition) is 0. The summed E-state index contributed by atoms with van der Waals surface area (Å²) in [6.07, 6.45) is 5.12. The Bertz CT molecular complexity index is 2100. The zero-order valence-electron chi connectivity index (χ0n) is 30.6. The molecule has 4 aromatic carbocycles. The van der Waals surface area contributed by atoms with Crippen molar-refractivity contribution in [2.24, 2.45) is 20.0 Å². The van der Waals surface area contributed by atoms with E-state index in [9.17, 15) is 0 Å². The molecule has 0 saturated heterocycles. The molecule has 47 heavy (non-hydrogen) atoms. The zero-order valence-corrected chi connectivity index (χ0v) is 30.6. The lowest BCUT2D eigenvalue weighted by molar-refractivity contribution is -0.634. The maximum atomic E-state index is 4.85. The molecular weight excluding hydrogens is 573 g/mol. The van der Waals surface area contributed by atoms with Crippen molar-refractivity contribution < 1.29 is 9.13 Å². The summed E-state index contributed by atoms with van der Waals surface area (Å²) in [5.41, 5.74) is 20.1. The molecule has 0 amide bonds. The lowest BCUT2D eigenvalue weighted by atomic mass is 9.97. The Morgan fingerprint density at radius 1 is 0.596 bits per heavy atom. The van der Waals surface area contributed by atoms with Gasteiger partial charge in [-0.25, -0.2) is 9.97 Å². The zero-order chi connectivity index (χ0) is 34.2. The fourth-order valence-electron chi connectivity index (χ4n) is 6.82. The molecule has 0 unspecified atom stereocenters. The summed E-state index contributed by atoms with van der Waals surface area (Å²) in [5, 5.41) is 0. The van der Waals surface area contributed by atoms with Crippen molar-refractivity contribution in [3.8, 4) is 22.5 Å². The first-order valence-corrected chi connectivity index (χ1v) is 17.0. The number of aryl methyl sites for hydroxylation is 6. The second-order valence-electron chi connectivity index (χ2n) is 14.2. The third-order valence-electron chi connectivity index (χ3n) is 9.65. The fraction of sp³-hybridized carbons (Fsp3) is 0.349. The average molecular weight is 625 g/mol. The van der Waals surface area contributed by atoms with Gasteiger partial charge in [-0.05, 0) is 105 Å². The SMILES string of the molecule is Cc1cc(C)c(C)c(-c2cnc3c(C(C)C)cccc3[n+]2C)c1.Cc1cc(C)c(C)c(-c2cnc3c(CC(C)C)cccc3[n+]2C)c1. The quantitative estimate of drug-likeness (QED) is 0.179. The number of para-hydroxylation sites is 2. The van der Waals surface area contributed by atoms with Gasteiger partial charge in [-0.2, -0.15) is 9.13 Å². The molecule has 6 aromatic rings. The molecule has 0 aliphatic carbocycles. The number of rotatable bonds is 5. The van der Waals surface area contributed by atoms with Crippen LogP contribution in [0.4, 0.5) is 0 Å². The molecule has 2 heterocycles. The Labute approximate surface area is 282 Å². The first-order chi connectivity index (χ1) is 22.3. The van der Waals surface area contributed by atoms with E-state index < -0.39 is 0 Å². The molecule has 242 valence electrons. The molecule has 2 aromatic heterocycles. The monoisotopic (exact) mass is 624 g/mol. The Kier molecular flexibility index (Phi) is 9.91. The van der Waals surface area contributed by atoms with Crippen molar-refractivity contribution in [1.82, 2.24) is 9.97 Å². The van der Waals surface area contributed by atoms with Gasteiger partial charge in [0.05, 0.1) is 11.1 Å². The molecule has 0 N–H and O–H groups in total. The summed E-state index contributed by atoms with van der Waals surface area (Å²) in [4.78, 5) is 9.67. The Balaban J connectivity index is 0.000000185. The van der Waals surface area contributed by atoms with Gasteiger partial charge in [0.15, 0.2) is 0 Å². The van der Waals surface area contributed by atoms with E-state index in [-0.39, 0.29) is 0 Å². The molecule has 0 aliphatic heterocycles. The molecule has 4 nitrogen and oxygen atoms in total. The van der Waals surface area contributed by atoms with Gasteiger partial charge in [0.2, 0.25) is 22.4 Å². The molecule has 0 bridgehead atoms. The minimum absolute atomic E-state index is 0.472. The summed E-state index contributed by atoms with van der Waals surface area (Å²) >= 11 is 0. The Hall–Kier alpha value is -4.44. The van der Waals surface area contributed by atoms with Crippen molar-refractivity contribution in [2.75, 3.05) is 0 Å². The van der Waals surface area contributed by atoms with Gasteiger partial charge in [0, 0.05) is 12.1 Å². The second kappa shape index (κ2) is 13.7. The van der Waals surface area contributed by atoms with E-state index >= 15 is 0 Å². The molecular formula is C43H52N4+2. The molecule has 0 fully saturated rings. The van der Waals surface area contributed by atoms with E-state index in [2.05, 4.69) is 153 Å². The maximum absolute atomic E-state index is 4.85. The first-order valence-electron chi connectivity index (χ1n) is 17.0. The normalized spacial score (nSPS) is 11.4. The molecule has 0 saturated carbocycles. The van der Waals surface area contributed by atoms with Crippen LogP contribution in [0.15, 0.2) is 73.1 Å². The number of benzene rings is 4. The Morgan fingerprint density at radius 3 is 1.55 bits per heavy atom. The van der Waals surface area contributed by atoms with Crippen LogP contribution in [0.1, 0.15) is 78.1 Å². The lowest BCUT2D eigenvalue weighted by Gasteiger charge is -2.12. The van der Waals surface area contributed by atoms with Crippen LogP contribution in [-0.2, 0) is 20.5 Å². The van der Waals surface area contributed by atoms with Gasteiger partial charge in [-0.1, -0.05) is 75.2 Å². The van der Waals surface area contributed by atoms with E-state index in [4.69, 9.17) is 9.97 Å². The van der Waals surface area contributed by atoms with Crippen molar-refractivity contribution >= 4 is 22.1 Å². The summed E-state index contributed by atoms with van der Waals surface area (Å²) in [6.45, 7) is 22.0. The molecule has 4 heteroatoms. The summed E-state index contributed by atoms with van der Waals surface area (Å²) in [5.74, 6) is 1.10. The smallest absolute Gasteiger partial charge is 0.231 e. The predicted octanol–water partition coefficient (Wildman–Crippen LogP) is 9.63. The van der Waals surface area contributed by atoms with Crippen LogP contribution in [0.5, 0.6) is 0 Å². The highest BCUT2D eigenvalue weighted by Crippen LogP contribution is 2.29. The molecule has 0 radical (unpaired) electrons. The fourth-order valence-corrected chi connectivity index (χ4v) is 6.82. The lowest BCUT2D eigenvalue weighted by Crippen LogP contribution is -2.33. The van der Waals surface area contributed by atoms with E-state index in [1.54, 1.807) is 0 Å². The Morgan fingerprint density at radius 2 is 1.06 bits per heavy atom. The van der Waals surface area contributed by atoms with Crippen LogP contribution in [-0.4, -0.2) is 9.97 Å². The van der Waals surface area contributed by atoms with Gasteiger partial charge in [0.25, 0.3) is 0 Å². The van der Waals surface area contributed by atoms with E-state index in [1.807, 2.05) is 12.4 Å². The molecule has 0 spiro atoms. The van der Waals surface area contributed by atoms with Crippen LogP contribution in [0, 0.1) is 47.5 Å². The standard InChI is InChI=1S/C22H27N2.C21H25N2/c1-14(2)10-18-8-7-9-20-22(18)23-13-21(24(20)6)19-12-15(3)11-16(4)17(19)5;1-13(2)17-8-7-9-19-21(17)22-12-20(23(19)6)18-11-14(3)10-15(4)16(18)5/h7-9,11-14H,10H2,1-6H3;7-13H,1-6H3/q2*+1. The van der Waals surface area contributed by atoms with Crippen LogP contribution < -0.4 is 9.13 Å².